The van der Waals surface area contributed by atoms with E-state index in [-0.39, 0.29) is 17.5 Å². The Morgan fingerprint density at radius 1 is 0.735 bits per heavy atom. The highest BCUT2D eigenvalue weighted by molar-refractivity contribution is 6.99. The molecule has 0 spiro atoms. The smallest absolute Gasteiger partial charge is 0.261 e. The van der Waals surface area contributed by atoms with Crippen LogP contribution in [0.2, 0.25) is 5.04 Å². The Morgan fingerprint density at radius 3 is 1.59 bits per heavy atom. The molecule has 0 aliphatic carbocycles. The largest absolute Gasteiger partial charge is 0.404 e. The van der Waals surface area contributed by atoms with Crippen LogP contribution in [0.25, 0.3) is 0 Å². The molecular weight excluding hydrogens is 456 g/mol. The summed E-state index contributed by atoms with van der Waals surface area (Å²) in [6.07, 6.45) is 12.0. The molecule has 0 fully saturated rings. The first-order chi connectivity index (χ1) is 16.3. The van der Waals surface area contributed by atoms with E-state index < -0.39 is 13.9 Å². The van der Waals surface area contributed by atoms with Gasteiger partial charge in [-0.25, -0.2) is 0 Å². The zero-order chi connectivity index (χ0) is 24.9. The molecule has 0 saturated carbocycles. The van der Waals surface area contributed by atoms with E-state index in [4.69, 9.17) is 16.0 Å². The van der Waals surface area contributed by atoms with Crippen molar-refractivity contribution in [3.05, 3.63) is 60.7 Å². The second-order valence-corrected chi connectivity index (χ2v) is 15.5. The molecule has 0 aromatic heterocycles. The van der Waals surface area contributed by atoms with Crippen LogP contribution < -0.4 is 10.4 Å². The van der Waals surface area contributed by atoms with Crippen molar-refractivity contribution in [3.8, 4) is 0 Å². The van der Waals surface area contributed by atoms with E-state index in [0.29, 0.717) is 6.42 Å². The standard InChI is InChI=1S/C30H47ClO2Si/c1-5-6-7-8-9-10-11-12-19-24-30(32,25-31)26-33-34(29(2,3)4,27-20-15-13-16-21-27)28-22-17-14-18-23-28/h13-18,20-23,32H,5-12,19,24-26H2,1-4H3/t30-/m1/s1. The molecule has 1 atom stereocenters. The first kappa shape index (κ1) is 29.1. The van der Waals surface area contributed by atoms with Crippen molar-refractivity contribution in [2.45, 2.75) is 103 Å². The second kappa shape index (κ2) is 14.4. The van der Waals surface area contributed by atoms with Gasteiger partial charge in [-0.1, -0.05) is 146 Å². The van der Waals surface area contributed by atoms with Gasteiger partial charge in [0.1, 0.15) is 5.60 Å². The van der Waals surface area contributed by atoms with E-state index >= 15 is 0 Å². The average Bonchev–Trinajstić information content (AvgIpc) is 2.84. The molecule has 0 aliphatic rings. The van der Waals surface area contributed by atoms with E-state index in [9.17, 15) is 5.11 Å². The number of benzene rings is 2. The molecule has 190 valence electrons. The highest BCUT2D eigenvalue weighted by atomic mass is 35.5. The zero-order valence-corrected chi connectivity index (χ0v) is 23.7. The molecule has 2 nitrogen and oxygen atoms in total. The van der Waals surface area contributed by atoms with Gasteiger partial charge in [0.05, 0.1) is 12.5 Å². The Bertz CT molecular complexity index is 751. The maximum atomic E-state index is 11.4. The molecule has 0 unspecified atom stereocenters. The minimum atomic E-state index is -2.67. The Labute approximate surface area is 215 Å². The molecule has 2 aromatic carbocycles. The minimum Gasteiger partial charge on any atom is -0.404 e. The summed E-state index contributed by atoms with van der Waals surface area (Å²) in [5.74, 6) is 0.197. The summed E-state index contributed by atoms with van der Waals surface area (Å²) in [6.45, 7) is 9.31. The average molecular weight is 503 g/mol. The lowest BCUT2D eigenvalue weighted by molar-refractivity contribution is 0.00209. The van der Waals surface area contributed by atoms with Crippen molar-refractivity contribution in [3.63, 3.8) is 0 Å². The van der Waals surface area contributed by atoms with Gasteiger partial charge < -0.3 is 9.53 Å². The molecule has 2 aromatic rings. The van der Waals surface area contributed by atoms with E-state index in [1.807, 2.05) is 0 Å². The molecule has 2 rings (SSSR count). The fourth-order valence-electron chi connectivity index (χ4n) is 4.95. The van der Waals surface area contributed by atoms with Crippen LogP contribution in [0.1, 0.15) is 91.9 Å². The van der Waals surface area contributed by atoms with Gasteiger partial charge in [0.15, 0.2) is 0 Å². The van der Waals surface area contributed by atoms with Crippen LogP contribution in [0, 0.1) is 0 Å². The highest BCUT2D eigenvalue weighted by Crippen LogP contribution is 2.37. The van der Waals surface area contributed by atoms with E-state index in [0.717, 1.165) is 12.8 Å². The predicted octanol–water partition coefficient (Wildman–Crippen LogP) is 7.45. The van der Waals surface area contributed by atoms with E-state index in [1.165, 1.54) is 55.3 Å². The Morgan fingerprint density at radius 2 is 1.18 bits per heavy atom. The monoisotopic (exact) mass is 502 g/mol. The van der Waals surface area contributed by atoms with Crippen LogP contribution in [-0.4, -0.2) is 31.5 Å². The molecule has 4 heteroatoms. The lowest BCUT2D eigenvalue weighted by Gasteiger charge is -2.44. The maximum absolute atomic E-state index is 11.4. The third-order valence-corrected chi connectivity index (χ3v) is 12.4. The summed E-state index contributed by atoms with van der Waals surface area (Å²) in [5.41, 5.74) is -1.00. The summed E-state index contributed by atoms with van der Waals surface area (Å²) in [5, 5.41) is 13.8. The molecule has 0 heterocycles. The quantitative estimate of drug-likeness (QED) is 0.147. The Balaban J connectivity index is 2.08. The van der Waals surface area contributed by atoms with Gasteiger partial charge in [0.25, 0.3) is 8.32 Å². The zero-order valence-electron chi connectivity index (χ0n) is 22.0. The fourth-order valence-corrected chi connectivity index (χ4v) is 9.80. The fraction of sp³-hybridized carbons (Fsp3) is 0.600. The molecule has 0 bridgehead atoms. The van der Waals surface area contributed by atoms with Crippen LogP contribution in [0.3, 0.4) is 0 Å². The number of rotatable bonds is 16. The lowest BCUT2D eigenvalue weighted by Crippen LogP contribution is -2.67. The third-order valence-electron chi connectivity index (χ3n) is 6.97. The van der Waals surface area contributed by atoms with Crippen LogP contribution in [-0.2, 0) is 4.43 Å². The van der Waals surface area contributed by atoms with Crippen molar-refractivity contribution in [1.29, 1.82) is 0 Å². The van der Waals surface area contributed by atoms with Gasteiger partial charge in [-0.15, -0.1) is 11.6 Å². The molecule has 1 N–H and O–H groups in total. The van der Waals surface area contributed by atoms with Gasteiger partial charge in [0, 0.05) is 0 Å². The van der Waals surface area contributed by atoms with Crippen LogP contribution in [0.15, 0.2) is 60.7 Å². The van der Waals surface area contributed by atoms with E-state index in [2.05, 4.69) is 88.4 Å². The Hall–Kier alpha value is -1.13. The molecule has 0 radical (unpaired) electrons. The highest BCUT2D eigenvalue weighted by Gasteiger charge is 2.51. The number of unbranched alkanes of at least 4 members (excludes halogenated alkanes) is 8. The normalized spacial score (nSPS) is 14.2. The van der Waals surface area contributed by atoms with Crippen molar-refractivity contribution in [2.24, 2.45) is 0 Å². The van der Waals surface area contributed by atoms with Gasteiger partial charge >= 0.3 is 0 Å². The van der Waals surface area contributed by atoms with Gasteiger partial charge in [0.2, 0.25) is 0 Å². The number of hydrogen-bond donors (Lipinski definition) is 1. The van der Waals surface area contributed by atoms with Crippen molar-refractivity contribution >= 4 is 30.3 Å². The summed E-state index contributed by atoms with van der Waals surface area (Å²) in [7, 11) is -2.67. The summed E-state index contributed by atoms with van der Waals surface area (Å²) in [4.78, 5) is 0. The number of halogens is 1. The van der Waals surface area contributed by atoms with Gasteiger partial charge in [-0.3, -0.25) is 0 Å². The molecule has 0 aliphatic heterocycles. The summed E-state index contributed by atoms with van der Waals surface area (Å²) >= 11 is 6.34. The maximum Gasteiger partial charge on any atom is 0.261 e. The van der Waals surface area contributed by atoms with Crippen LogP contribution in [0.4, 0.5) is 0 Å². The number of hydrogen-bond acceptors (Lipinski definition) is 2. The molecule has 0 amide bonds. The van der Waals surface area contributed by atoms with Crippen LogP contribution >= 0.6 is 11.6 Å². The second-order valence-electron chi connectivity index (χ2n) is 10.9. The van der Waals surface area contributed by atoms with E-state index in [1.54, 1.807) is 0 Å². The SMILES string of the molecule is CCCCCCCCCCC[C@@](O)(CCl)CO[Si](c1ccccc1)(c1ccccc1)C(C)(C)C. The predicted molar refractivity (Wildman–Crippen MR) is 151 cm³/mol. The first-order valence-electron chi connectivity index (χ1n) is 13.3. The summed E-state index contributed by atoms with van der Waals surface area (Å²) in [6, 6.07) is 21.2. The number of alkyl halides is 1. The third kappa shape index (κ3) is 8.22. The molecular formula is C30H47ClO2Si. The van der Waals surface area contributed by atoms with Crippen molar-refractivity contribution < 1.29 is 9.53 Å². The van der Waals surface area contributed by atoms with Crippen molar-refractivity contribution in [1.82, 2.24) is 0 Å². The van der Waals surface area contributed by atoms with Gasteiger partial charge in [-0.2, -0.15) is 0 Å². The summed E-state index contributed by atoms with van der Waals surface area (Å²) < 4.78 is 6.96. The molecule has 0 saturated heterocycles. The Kier molecular flexibility index (Phi) is 12.4. The lowest BCUT2D eigenvalue weighted by atomic mass is 9.98. The molecule has 34 heavy (non-hydrogen) atoms. The number of aliphatic hydroxyl groups is 1. The van der Waals surface area contributed by atoms with Crippen LogP contribution in [0.5, 0.6) is 0 Å². The van der Waals surface area contributed by atoms with Gasteiger partial charge in [-0.05, 0) is 21.8 Å². The first-order valence-corrected chi connectivity index (χ1v) is 15.8. The van der Waals surface area contributed by atoms with Crippen molar-refractivity contribution in [2.75, 3.05) is 12.5 Å². The topological polar surface area (TPSA) is 29.5 Å². The minimum absolute atomic E-state index is 0.110.